The summed E-state index contributed by atoms with van der Waals surface area (Å²) in [5.41, 5.74) is 0.342. The molecule has 0 amide bonds. The van der Waals surface area contributed by atoms with Gasteiger partial charge in [-0.3, -0.25) is 19.8 Å². The number of ether oxygens (including phenoxy) is 1. The van der Waals surface area contributed by atoms with E-state index in [2.05, 4.69) is 4.90 Å². The molecular weight excluding hydrogens is 272 g/mol. The molecule has 1 aliphatic heterocycles. The summed E-state index contributed by atoms with van der Waals surface area (Å²) in [6.07, 6.45) is 2.21. The fraction of sp³-hybridized carbons (Fsp3) is 0.533. The average molecular weight is 292 g/mol. The summed E-state index contributed by atoms with van der Waals surface area (Å²) < 4.78 is 5.61. The lowest BCUT2D eigenvalue weighted by atomic mass is 10.1. The van der Waals surface area contributed by atoms with Crippen molar-refractivity contribution in [1.29, 1.82) is 0 Å². The Labute approximate surface area is 123 Å². The molecule has 114 valence electrons. The number of likely N-dealkylation sites (tertiary alicyclic amines) is 1. The van der Waals surface area contributed by atoms with Crippen LogP contribution in [0.15, 0.2) is 24.3 Å². The first-order valence-electron chi connectivity index (χ1n) is 7.21. The molecule has 2 rings (SSSR count). The number of carbonyl (C=O) groups excluding carboxylic acids is 1. The van der Waals surface area contributed by atoms with Crippen LogP contribution in [0.5, 0.6) is 0 Å². The molecular formula is C15H20N2O4. The van der Waals surface area contributed by atoms with Crippen LogP contribution in [0, 0.1) is 10.1 Å². The number of nitro groups is 1. The van der Waals surface area contributed by atoms with E-state index in [-0.39, 0.29) is 24.1 Å². The number of piperidine rings is 1. The molecule has 0 bridgehead atoms. The zero-order chi connectivity index (χ0) is 15.2. The Bertz CT molecular complexity index is 516. The summed E-state index contributed by atoms with van der Waals surface area (Å²) in [7, 11) is 0. The maximum atomic E-state index is 12.2. The summed E-state index contributed by atoms with van der Waals surface area (Å²) in [5.74, 6) is -0.0872. The molecule has 6 heteroatoms. The topological polar surface area (TPSA) is 72.7 Å². The van der Waals surface area contributed by atoms with Crippen LogP contribution in [0.4, 0.5) is 5.69 Å². The van der Waals surface area contributed by atoms with Crippen LogP contribution in [0.1, 0.15) is 30.1 Å². The highest BCUT2D eigenvalue weighted by Crippen LogP contribution is 2.16. The summed E-state index contributed by atoms with van der Waals surface area (Å²) in [6, 6.07) is 5.90. The number of Topliss-reactive ketones (excluding diaryl/α,β-unsaturated/α-hetero) is 1. The molecule has 0 spiro atoms. The van der Waals surface area contributed by atoms with Crippen molar-refractivity contribution in [3.05, 3.63) is 39.9 Å². The van der Waals surface area contributed by atoms with E-state index >= 15 is 0 Å². The average Bonchev–Trinajstić information content (AvgIpc) is 2.48. The number of nitro benzene ring substituents is 1. The minimum atomic E-state index is -0.483. The first kappa shape index (κ1) is 15.6. The summed E-state index contributed by atoms with van der Waals surface area (Å²) >= 11 is 0. The van der Waals surface area contributed by atoms with E-state index in [0.717, 1.165) is 25.9 Å². The van der Waals surface area contributed by atoms with Crippen molar-refractivity contribution in [1.82, 2.24) is 4.90 Å². The zero-order valence-electron chi connectivity index (χ0n) is 12.2. The summed E-state index contributed by atoms with van der Waals surface area (Å²) in [5, 5.41) is 10.7. The van der Waals surface area contributed by atoms with Gasteiger partial charge in [0.2, 0.25) is 0 Å². The minimum Gasteiger partial charge on any atom is -0.377 e. The second-order valence-corrected chi connectivity index (χ2v) is 5.19. The van der Waals surface area contributed by atoms with Crippen LogP contribution in [-0.4, -0.2) is 48.0 Å². The number of carbonyl (C=O) groups is 1. The van der Waals surface area contributed by atoms with E-state index in [1.165, 1.54) is 12.1 Å². The quantitative estimate of drug-likeness (QED) is 0.457. The molecule has 1 saturated heterocycles. The molecule has 0 N–H and O–H groups in total. The Morgan fingerprint density at radius 2 is 2.33 bits per heavy atom. The van der Waals surface area contributed by atoms with Gasteiger partial charge in [0.05, 0.1) is 17.6 Å². The third-order valence-electron chi connectivity index (χ3n) is 3.61. The smallest absolute Gasteiger partial charge is 0.270 e. The molecule has 1 aromatic rings. The van der Waals surface area contributed by atoms with E-state index in [0.29, 0.717) is 12.2 Å². The van der Waals surface area contributed by atoms with Crippen molar-refractivity contribution >= 4 is 11.5 Å². The second kappa shape index (κ2) is 7.28. The van der Waals surface area contributed by atoms with Crippen LogP contribution >= 0.6 is 0 Å². The van der Waals surface area contributed by atoms with Crippen molar-refractivity contribution in [2.45, 2.75) is 25.9 Å². The third-order valence-corrected chi connectivity index (χ3v) is 3.61. The molecule has 0 aromatic heterocycles. The normalized spacial score (nSPS) is 19.4. The number of non-ortho nitro benzene ring substituents is 1. The van der Waals surface area contributed by atoms with E-state index in [1.807, 2.05) is 6.92 Å². The van der Waals surface area contributed by atoms with Gasteiger partial charge in [-0.25, -0.2) is 0 Å². The van der Waals surface area contributed by atoms with Gasteiger partial charge in [-0.15, -0.1) is 0 Å². The van der Waals surface area contributed by atoms with Crippen molar-refractivity contribution in [2.75, 3.05) is 26.2 Å². The molecule has 1 atom stereocenters. The number of hydrogen-bond acceptors (Lipinski definition) is 5. The van der Waals surface area contributed by atoms with Gasteiger partial charge in [0.1, 0.15) is 0 Å². The van der Waals surface area contributed by atoms with Gasteiger partial charge in [-0.1, -0.05) is 12.1 Å². The Morgan fingerprint density at radius 1 is 1.52 bits per heavy atom. The van der Waals surface area contributed by atoms with Crippen LogP contribution in [0.3, 0.4) is 0 Å². The fourth-order valence-electron chi connectivity index (χ4n) is 2.62. The van der Waals surface area contributed by atoms with Crippen LogP contribution in [0.2, 0.25) is 0 Å². The largest absolute Gasteiger partial charge is 0.377 e. The molecule has 1 aromatic carbocycles. The highest BCUT2D eigenvalue weighted by atomic mass is 16.6. The second-order valence-electron chi connectivity index (χ2n) is 5.19. The lowest BCUT2D eigenvalue weighted by Gasteiger charge is -2.31. The van der Waals surface area contributed by atoms with E-state index in [9.17, 15) is 14.9 Å². The highest BCUT2D eigenvalue weighted by molar-refractivity contribution is 5.98. The standard InChI is InChI=1S/C15H20N2O4/c1-2-21-14-7-4-8-16(10-14)11-15(18)12-5-3-6-13(9-12)17(19)20/h3,5-6,9,14H,2,4,7-8,10-11H2,1H3. The van der Waals surface area contributed by atoms with Crippen LogP contribution < -0.4 is 0 Å². The van der Waals surface area contributed by atoms with Crippen molar-refractivity contribution in [3.63, 3.8) is 0 Å². The third kappa shape index (κ3) is 4.34. The van der Waals surface area contributed by atoms with Gasteiger partial charge in [0.15, 0.2) is 5.78 Å². The fourth-order valence-corrected chi connectivity index (χ4v) is 2.62. The molecule has 0 aliphatic carbocycles. The number of rotatable bonds is 6. The summed E-state index contributed by atoms with van der Waals surface area (Å²) in [6.45, 7) is 4.54. The number of ketones is 1. The van der Waals surface area contributed by atoms with Gasteiger partial charge >= 0.3 is 0 Å². The SMILES string of the molecule is CCOC1CCCN(CC(=O)c2cccc([N+](=O)[O-])c2)C1. The first-order chi connectivity index (χ1) is 10.1. The molecule has 1 fully saturated rings. The molecule has 1 unspecified atom stereocenters. The number of nitrogens with zero attached hydrogens (tertiary/aromatic N) is 2. The molecule has 0 radical (unpaired) electrons. The van der Waals surface area contributed by atoms with E-state index in [1.54, 1.807) is 12.1 Å². The van der Waals surface area contributed by atoms with Gasteiger partial charge in [-0.2, -0.15) is 0 Å². The minimum absolute atomic E-state index is 0.0494. The van der Waals surface area contributed by atoms with Crippen molar-refractivity contribution in [2.24, 2.45) is 0 Å². The highest BCUT2D eigenvalue weighted by Gasteiger charge is 2.22. The summed E-state index contributed by atoms with van der Waals surface area (Å²) in [4.78, 5) is 24.6. The predicted octanol–water partition coefficient (Wildman–Crippen LogP) is 2.28. The van der Waals surface area contributed by atoms with Gasteiger partial charge in [0.25, 0.3) is 5.69 Å². The lowest BCUT2D eigenvalue weighted by molar-refractivity contribution is -0.384. The molecule has 6 nitrogen and oxygen atoms in total. The molecule has 0 saturated carbocycles. The zero-order valence-corrected chi connectivity index (χ0v) is 12.2. The molecule has 21 heavy (non-hydrogen) atoms. The maximum Gasteiger partial charge on any atom is 0.270 e. The van der Waals surface area contributed by atoms with Gasteiger partial charge < -0.3 is 4.74 Å². The first-order valence-corrected chi connectivity index (χ1v) is 7.21. The Morgan fingerprint density at radius 3 is 3.05 bits per heavy atom. The van der Waals surface area contributed by atoms with Gasteiger partial charge in [0, 0.05) is 30.8 Å². The monoisotopic (exact) mass is 292 g/mol. The van der Waals surface area contributed by atoms with Crippen LogP contribution in [0.25, 0.3) is 0 Å². The maximum absolute atomic E-state index is 12.2. The predicted molar refractivity (Wildman–Crippen MR) is 78.5 cm³/mol. The van der Waals surface area contributed by atoms with E-state index < -0.39 is 4.92 Å². The number of hydrogen-bond donors (Lipinski definition) is 0. The van der Waals surface area contributed by atoms with Gasteiger partial charge in [-0.05, 0) is 26.3 Å². The van der Waals surface area contributed by atoms with Crippen LogP contribution in [-0.2, 0) is 4.74 Å². The molecule has 1 heterocycles. The lowest BCUT2D eigenvalue weighted by Crippen LogP contribution is -2.42. The number of benzene rings is 1. The molecule has 1 aliphatic rings. The Hall–Kier alpha value is -1.79. The Balaban J connectivity index is 1.97. The van der Waals surface area contributed by atoms with Crippen molar-refractivity contribution in [3.8, 4) is 0 Å². The Kier molecular flexibility index (Phi) is 5.41. The van der Waals surface area contributed by atoms with E-state index in [4.69, 9.17) is 4.74 Å². The van der Waals surface area contributed by atoms with Crippen molar-refractivity contribution < 1.29 is 14.5 Å².